The molecule has 1 atom stereocenters. The van der Waals surface area contributed by atoms with Gasteiger partial charge in [0.05, 0.1) is 0 Å². The molecule has 1 aromatic carbocycles. The number of benzene rings is 1. The van der Waals surface area contributed by atoms with Crippen molar-refractivity contribution in [2.75, 3.05) is 6.54 Å². The van der Waals surface area contributed by atoms with Crippen LogP contribution in [0.15, 0.2) is 22.7 Å². The highest BCUT2D eigenvalue weighted by atomic mass is 79.9. The zero-order chi connectivity index (χ0) is 11.0. The molecule has 16 heavy (non-hydrogen) atoms. The third-order valence-electron chi connectivity index (χ3n) is 4.07. The van der Waals surface area contributed by atoms with Crippen molar-refractivity contribution in [3.8, 4) is 0 Å². The third kappa shape index (κ3) is 2.05. The Kier molecular flexibility index (Phi) is 3.03. The van der Waals surface area contributed by atoms with Gasteiger partial charge in [-0.3, -0.25) is 0 Å². The van der Waals surface area contributed by atoms with Crippen LogP contribution in [-0.4, -0.2) is 12.6 Å². The molecule has 86 valence electrons. The van der Waals surface area contributed by atoms with Gasteiger partial charge in [-0.25, -0.2) is 0 Å². The van der Waals surface area contributed by atoms with Gasteiger partial charge in [-0.1, -0.05) is 28.4 Å². The molecule has 0 aromatic heterocycles. The van der Waals surface area contributed by atoms with Gasteiger partial charge in [-0.15, -0.1) is 0 Å². The maximum Gasteiger partial charge on any atom is 0.0178 e. The van der Waals surface area contributed by atoms with Crippen molar-refractivity contribution in [3.05, 3.63) is 33.8 Å². The zero-order valence-corrected chi connectivity index (χ0v) is 11.1. The van der Waals surface area contributed by atoms with Crippen LogP contribution in [0.2, 0.25) is 0 Å². The summed E-state index contributed by atoms with van der Waals surface area (Å²) in [5, 5.41) is 3.71. The van der Waals surface area contributed by atoms with Gasteiger partial charge in [0.25, 0.3) is 0 Å². The van der Waals surface area contributed by atoms with Crippen molar-refractivity contribution >= 4 is 15.9 Å². The quantitative estimate of drug-likeness (QED) is 0.891. The van der Waals surface area contributed by atoms with E-state index in [9.17, 15) is 0 Å². The summed E-state index contributed by atoms with van der Waals surface area (Å²) in [6.45, 7) is 1.17. The molecule has 2 aliphatic carbocycles. The molecule has 1 aromatic rings. The maximum atomic E-state index is 3.71. The van der Waals surface area contributed by atoms with Crippen LogP contribution in [0.1, 0.15) is 42.7 Å². The standard InChI is InChI=1S/C14H18BrN/c15-12-7-6-10-4-5-11(14(10)8-12)9-16-13-2-1-3-13/h6-8,11,13,16H,1-5,9H2. The summed E-state index contributed by atoms with van der Waals surface area (Å²) >= 11 is 3.58. The van der Waals surface area contributed by atoms with Crippen molar-refractivity contribution < 1.29 is 0 Å². The Bertz CT molecular complexity index is 384. The van der Waals surface area contributed by atoms with Gasteiger partial charge in [-0.05, 0) is 54.9 Å². The highest BCUT2D eigenvalue weighted by Gasteiger charge is 2.24. The van der Waals surface area contributed by atoms with E-state index in [4.69, 9.17) is 0 Å². The van der Waals surface area contributed by atoms with Crippen LogP contribution in [0.25, 0.3) is 0 Å². The number of rotatable bonds is 3. The van der Waals surface area contributed by atoms with Crippen LogP contribution in [0, 0.1) is 0 Å². The molecule has 3 rings (SSSR count). The second kappa shape index (κ2) is 4.50. The van der Waals surface area contributed by atoms with E-state index in [0.717, 1.165) is 12.0 Å². The van der Waals surface area contributed by atoms with Gasteiger partial charge in [-0.2, -0.15) is 0 Å². The molecule has 0 radical (unpaired) electrons. The van der Waals surface area contributed by atoms with Crippen molar-refractivity contribution in [1.29, 1.82) is 0 Å². The van der Waals surface area contributed by atoms with Crippen molar-refractivity contribution in [2.24, 2.45) is 0 Å². The molecular weight excluding hydrogens is 262 g/mol. The molecule has 1 saturated carbocycles. The highest BCUT2D eigenvalue weighted by Crippen LogP contribution is 2.34. The van der Waals surface area contributed by atoms with Crippen LogP contribution >= 0.6 is 15.9 Å². The monoisotopic (exact) mass is 279 g/mol. The zero-order valence-electron chi connectivity index (χ0n) is 9.51. The Morgan fingerprint density at radius 2 is 2.12 bits per heavy atom. The first-order chi connectivity index (χ1) is 7.83. The van der Waals surface area contributed by atoms with Gasteiger partial charge in [0.1, 0.15) is 0 Å². The van der Waals surface area contributed by atoms with Crippen molar-refractivity contribution in [2.45, 2.75) is 44.1 Å². The molecule has 1 fully saturated rings. The maximum absolute atomic E-state index is 3.71. The number of hydrogen-bond donors (Lipinski definition) is 1. The fourth-order valence-corrected chi connectivity index (χ4v) is 3.17. The summed E-state index contributed by atoms with van der Waals surface area (Å²) in [6.07, 6.45) is 6.78. The van der Waals surface area contributed by atoms with E-state index in [0.29, 0.717) is 0 Å². The molecule has 1 N–H and O–H groups in total. The second-order valence-corrected chi connectivity index (χ2v) is 6.03. The van der Waals surface area contributed by atoms with Crippen LogP contribution in [0.3, 0.4) is 0 Å². The number of hydrogen-bond acceptors (Lipinski definition) is 1. The fourth-order valence-electron chi connectivity index (χ4n) is 2.79. The van der Waals surface area contributed by atoms with E-state index in [1.807, 2.05) is 0 Å². The van der Waals surface area contributed by atoms with Gasteiger partial charge in [0.15, 0.2) is 0 Å². The number of fused-ring (bicyclic) bond motifs is 1. The average Bonchev–Trinajstić information content (AvgIpc) is 2.59. The van der Waals surface area contributed by atoms with E-state index >= 15 is 0 Å². The molecule has 1 nitrogen and oxygen atoms in total. The number of aryl methyl sites for hydroxylation is 1. The Hall–Kier alpha value is -0.340. The van der Waals surface area contributed by atoms with Gasteiger partial charge >= 0.3 is 0 Å². The molecule has 0 heterocycles. The third-order valence-corrected chi connectivity index (χ3v) is 4.56. The summed E-state index contributed by atoms with van der Waals surface area (Å²) in [4.78, 5) is 0. The largest absolute Gasteiger partial charge is 0.313 e. The van der Waals surface area contributed by atoms with Crippen LogP contribution in [0.5, 0.6) is 0 Å². The SMILES string of the molecule is Brc1ccc2c(c1)C(CNC1CCC1)CC2. The second-order valence-electron chi connectivity index (χ2n) is 5.11. The van der Waals surface area contributed by atoms with Gasteiger partial charge in [0, 0.05) is 17.1 Å². The summed E-state index contributed by atoms with van der Waals surface area (Å²) in [5.74, 6) is 0.744. The first-order valence-electron chi connectivity index (χ1n) is 6.34. The Balaban J connectivity index is 1.67. The molecule has 0 spiro atoms. The molecule has 2 heteroatoms. The summed E-state index contributed by atoms with van der Waals surface area (Å²) in [7, 11) is 0. The lowest BCUT2D eigenvalue weighted by molar-refractivity contribution is 0.331. The lowest BCUT2D eigenvalue weighted by atomic mass is 9.92. The van der Waals surface area contributed by atoms with Crippen LogP contribution < -0.4 is 5.32 Å². The van der Waals surface area contributed by atoms with E-state index in [1.54, 1.807) is 11.1 Å². The molecule has 0 amide bonds. The Labute approximate surface area is 106 Å². The van der Waals surface area contributed by atoms with Gasteiger partial charge < -0.3 is 5.32 Å². The first kappa shape index (κ1) is 10.8. The molecular formula is C14H18BrN. The Morgan fingerprint density at radius 1 is 1.25 bits per heavy atom. The summed E-state index contributed by atoms with van der Waals surface area (Å²) in [5.41, 5.74) is 3.13. The van der Waals surface area contributed by atoms with Crippen LogP contribution in [-0.2, 0) is 6.42 Å². The Morgan fingerprint density at radius 3 is 2.88 bits per heavy atom. The summed E-state index contributed by atoms with van der Waals surface area (Å²) in [6, 6.07) is 7.58. The first-order valence-corrected chi connectivity index (χ1v) is 7.14. The normalized spacial score (nSPS) is 24.2. The van der Waals surface area contributed by atoms with Crippen molar-refractivity contribution in [3.63, 3.8) is 0 Å². The van der Waals surface area contributed by atoms with Gasteiger partial charge in [0.2, 0.25) is 0 Å². The van der Waals surface area contributed by atoms with E-state index in [1.165, 1.54) is 43.1 Å². The minimum absolute atomic E-state index is 0.744. The highest BCUT2D eigenvalue weighted by molar-refractivity contribution is 9.10. The molecule has 0 aliphatic heterocycles. The fraction of sp³-hybridized carbons (Fsp3) is 0.571. The van der Waals surface area contributed by atoms with E-state index in [-0.39, 0.29) is 0 Å². The minimum Gasteiger partial charge on any atom is -0.313 e. The number of halogens is 1. The summed E-state index contributed by atoms with van der Waals surface area (Å²) < 4.78 is 1.22. The smallest absolute Gasteiger partial charge is 0.0178 e. The predicted molar refractivity (Wildman–Crippen MR) is 70.8 cm³/mol. The van der Waals surface area contributed by atoms with E-state index in [2.05, 4.69) is 39.4 Å². The minimum atomic E-state index is 0.744. The number of nitrogens with one attached hydrogen (secondary N) is 1. The molecule has 0 saturated heterocycles. The molecule has 2 aliphatic rings. The van der Waals surface area contributed by atoms with E-state index < -0.39 is 0 Å². The predicted octanol–water partition coefficient (Wildman–Crippen LogP) is 3.62. The average molecular weight is 280 g/mol. The molecule has 1 unspecified atom stereocenters. The van der Waals surface area contributed by atoms with Crippen LogP contribution in [0.4, 0.5) is 0 Å². The lowest BCUT2D eigenvalue weighted by Gasteiger charge is -2.28. The topological polar surface area (TPSA) is 12.0 Å². The molecule has 0 bridgehead atoms. The lowest BCUT2D eigenvalue weighted by Crippen LogP contribution is -2.37. The van der Waals surface area contributed by atoms with Crippen molar-refractivity contribution in [1.82, 2.24) is 5.32 Å².